The summed E-state index contributed by atoms with van der Waals surface area (Å²) in [5, 5.41) is 2.90. The van der Waals surface area contributed by atoms with Crippen molar-refractivity contribution in [1.82, 2.24) is 0 Å². The standard InChI is InChI=1S/C11H12F2N2O/c1-3-8-11(16)15(2)10-5-7(13)6(12)4-9(10)14-8/h4-5,8,14H,3H2,1-2H3. The zero-order chi connectivity index (χ0) is 11.9. The molecule has 0 fully saturated rings. The van der Waals surface area contributed by atoms with Crippen molar-refractivity contribution in [3.63, 3.8) is 0 Å². The van der Waals surface area contributed by atoms with E-state index in [0.717, 1.165) is 12.1 Å². The lowest BCUT2D eigenvalue weighted by atomic mass is 10.1. The highest BCUT2D eigenvalue weighted by atomic mass is 19.2. The van der Waals surface area contributed by atoms with Gasteiger partial charge in [0.1, 0.15) is 6.04 Å². The summed E-state index contributed by atoms with van der Waals surface area (Å²) in [6, 6.07) is 1.74. The number of anilines is 2. The molecule has 1 unspecified atom stereocenters. The molecule has 2 rings (SSSR count). The summed E-state index contributed by atoms with van der Waals surface area (Å²) >= 11 is 0. The number of nitrogens with zero attached hydrogens (tertiary/aromatic N) is 1. The quantitative estimate of drug-likeness (QED) is 0.795. The molecular weight excluding hydrogens is 214 g/mol. The van der Waals surface area contributed by atoms with Gasteiger partial charge in [-0.15, -0.1) is 0 Å². The van der Waals surface area contributed by atoms with Gasteiger partial charge < -0.3 is 10.2 Å². The van der Waals surface area contributed by atoms with Gasteiger partial charge in [0.15, 0.2) is 11.6 Å². The number of hydrogen-bond acceptors (Lipinski definition) is 2. The molecule has 0 aliphatic carbocycles. The van der Waals surface area contributed by atoms with E-state index in [9.17, 15) is 13.6 Å². The molecule has 1 aromatic carbocycles. The highest BCUT2D eigenvalue weighted by molar-refractivity contribution is 6.04. The van der Waals surface area contributed by atoms with Crippen LogP contribution in [0.25, 0.3) is 0 Å². The van der Waals surface area contributed by atoms with Crippen LogP contribution in [-0.2, 0) is 4.79 Å². The maximum Gasteiger partial charge on any atom is 0.249 e. The number of hydrogen-bond donors (Lipinski definition) is 1. The van der Waals surface area contributed by atoms with Gasteiger partial charge in [-0.1, -0.05) is 6.92 Å². The molecule has 1 N–H and O–H groups in total. The zero-order valence-electron chi connectivity index (χ0n) is 9.05. The second kappa shape index (κ2) is 3.73. The molecule has 0 bridgehead atoms. The number of carbonyl (C=O) groups is 1. The molecule has 0 radical (unpaired) electrons. The Kier molecular flexibility index (Phi) is 2.53. The van der Waals surface area contributed by atoms with Crippen LogP contribution < -0.4 is 10.2 Å². The van der Waals surface area contributed by atoms with Gasteiger partial charge in [-0.2, -0.15) is 0 Å². The predicted octanol–water partition coefficient (Wildman–Crippen LogP) is 2.13. The molecule has 5 heteroatoms. The van der Waals surface area contributed by atoms with Gasteiger partial charge in [-0.3, -0.25) is 4.79 Å². The van der Waals surface area contributed by atoms with Gasteiger partial charge in [0.05, 0.1) is 11.4 Å². The van der Waals surface area contributed by atoms with E-state index in [1.165, 1.54) is 4.90 Å². The van der Waals surface area contributed by atoms with Crippen LogP contribution >= 0.6 is 0 Å². The van der Waals surface area contributed by atoms with Crippen molar-refractivity contribution in [2.24, 2.45) is 0 Å². The second-order valence-corrected chi connectivity index (χ2v) is 3.79. The summed E-state index contributed by atoms with van der Waals surface area (Å²) in [5.41, 5.74) is 0.821. The first-order valence-electron chi connectivity index (χ1n) is 5.07. The van der Waals surface area contributed by atoms with Crippen molar-refractivity contribution in [3.05, 3.63) is 23.8 Å². The maximum absolute atomic E-state index is 13.0. The van der Waals surface area contributed by atoms with Crippen molar-refractivity contribution in [1.29, 1.82) is 0 Å². The molecule has 0 aromatic heterocycles. The van der Waals surface area contributed by atoms with E-state index >= 15 is 0 Å². The van der Waals surface area contributed by atoms with Crippen LogP contribution in [0.4, 0.5) is 20.2 Å². The van der Waals surface area contributed by atoms with Crippen molar-refractivity contribution in [2.45, 2.75) is 19.4 Å². The lowest BCUT2D eigenvalue weighted by Crippen LogP contribution is -2.44. The molecule has 0 spiro atoms. The second-order valence-electron chi connectivity index (χ2n) is 3.79. The number of likely N-dealkylation sites (N-methyl/N-ethyl adjacent to an activating group) is 1. The lowest BCUT2D eigenvalue weighted by Gasteiger charge is -2.32. The van der Waals surface area contributed by atoms with Crippen LogP contribution in [0.5, 0.6) is 0 Å². The SMILES string of the molecule is CCC1Nc2cc(F)c(F)cc2N(C)C1=O. The van der Waals surface area contributed by atoms with Crippen LogP contribution in [-0.4, -0.2) is 19.0 Å². The molecule has 1 heterocycles. The molecule has 1 atom stereocenters. The minimum absolute atomic E-state index is 0.138. The Bertz CT molecular complexity index is 448. The summed E-state index contributed by atoms with van der Waals surface area (Å²) in [7, 11) is 1.56. The monoisotopic (exact) mass is 226 g/mol. The number of amides is 1. The molecule has 1 aliphatic rings. The summed E-state index contributed by atoms with van der Waals surface area (Å²) in [5.74, 6) is -2.00. The summed E-state index contributed by atoms with van der Waals surface area (Å²) in [4.78, 5) is 13.1. The predicted molar refractivity (Wildman–Crippen MR) is 57.5 cm³/mol. The van der Waals surface area contributed by atoms with E-state index in [2.05, 4.69) is 5.32 Å². The maximum atomic E-state index is 13.0. The largest absolute Gasteiger partial charge is 0.372 e. The van der Waals surface area contributed by atoms with Crippen molar-refractivity contribution < 1.29 is 13.6 Å². The van der Waals surface area contributed by atoms with Gasteiger partial charge in [-0.05, 0) is 6.42 Å². The fourth-order valence-corrected chi connectivity index (χ4v) is 1.81. The van der Waals surface area contributed by atoms with Crippen molar-refractivity contribution in [3.8, 4) is 0 Å². The molecule has 1 amide bonds. The fourth-order valence-electron chi connectivity index (χ4n) is 1.81. The van der Waals surface area contributed by atoms with E-state index in [1.807, 2.05) is 6.92 Å². The lowest BCUT2D eigenvalue weighted by molar-refractivity contribution is -0.119. The summed E-state index contributed by atoms with van der Waals surface area (Å²) < 4.78 is 26.1. The normalized spacial score (nSPS) is 19.4. The van der Waals surface area contributed by atoms with Crippen LogP contribution in [0.3, 0.4) is 0 Å². The Balaban J connectivity index is 2.50. The van der Waals surface area contributed by atoms with Gasteiger partial charge in [0.25, 0.3) is 0 Å². The minimum Gasteiger partial charge on any atom is -0.372 e. The molecule has 86 valence electrons. The highest BCUT2D eigenvalue weighted by Crippen LogP contribution is 2.32. The van der Waals surface area contributed by atoms with Crippen LogP contribution in [0, 0.1) is 11.6 Å². The van der Waals surface area contributed by atoms with Crippen molar-refractivity contribution >= 4 is 17.3 Å². The molecule has 1 aliphatic heterocycles. The topological polar surface area (TPSA) is 32.3 Å². The third-order valence-electron chi connectivity index (χ3n) is 2.77. The van der Waals surface area contributed by atoms with Gasteiger partial charge in [0, 0.05) is 19.2 Å². The molecule has 0 saturated carbocycles. The van der Waals surface area contributed by atoms with Gasteiger partial charge in [-0.25, -0.2) is 8.78 Å². The molecule has 3 nitrogen and oxygen atoms in total. The number of carbonyl (C=O) groups excluding carboxylic acids is 1. The van der Waals surface area contributed by atoms with E-state index in [4.69, 9.17) is 0 Å². The Hall–Kier alpha value is -1.65. The Morgan fingerprint density at radius 3 is 2.62 bits per heavy atom. The summed E-state index contributed by atoms with van der Waals surface area (Å²) in [6.07, 6.45) is 0.599. The number of nitrogens with one attached hydrogen (secondary N) is 1. The number of rotatable bonds is 1. The summed E-state index contributed by atoms with van der Waals surface area (Å²) in [6.45, 7) is 1.86. The number of halogens is 2. The fraction of sp³-hybridized carbons (Fsp3) is 0.364. The van der Waals surface area contributed by atoms with Crippen molar-refractivity contribution in [2.75, 3.05) is 17.3 Å². The van der Waals surface area contributed by atoms with E-state index in [0.29, 0.717) is 17.8 Å². The first kappa shape index (κ1) is 10.9. The molecule has 0 saturated heterocycles. The van der Waals surface area contributed by atoms with E-state index < -0.39 is 11.6 Å². The average molecular weight is 226 g/mol. The third kappa shape index (κ3) is 1.52. The Morgan fingerprint density at radius 1 is 1.38 bits per heavy atom. The smallest absolute Gasteiger partial charge is 0.249 e. The van der Waals surface area contributed by atoms with Crippen LogP contribution in [0.2, 0.25) is 0 Å². The van der Waals surface area contributed by atoms with E-state index in [1.54, 1.807) is 7.05 Å². The minimum atomic E-state index is -0.949. The highest BCUT2D eigenvalue weighted by Gasteiger charge is 2.29. The Morgan fingerprint density at radius 2 is 2.00 bits per heavy atom. The third-order valence-corrected chi connectivity index (χ3v) is 2.77. The zero-order valence-corrected chi connectivity index (χ0v) is 9.05. The first-order valence-corrected chi connectivity index (χ1v) is 5.07. The molecule has 1 aromatic rings. The van der Waals surface area contributed by atoms with Crippen LogP contribution in [0.1, 0.15) is 13.3 Å². The van der Waals surface area contributed by atoms with Crippen LogP contribution in [0.15, 0.2) is 12.1 Å². The average Bonchev–Trinajstić information content (AvgIpc) is 2.26. The number of fused-ring (bicyclic) bond motifs is 1. The molecular formula is C11H12F2N2O. The molecule has 16 heavy (non-hydrogen) atoms. The van der Waals surface area contributed by atoms with E-state index in [-0.39, 0.29) is 11.9 Å². The van der Waals surface area contributed by atoms with Gasteiger partial charge in [0.2, 0.25) is 5.91 Å². The number of benzene rings is 1. The van der Waals surface area contributed by atoms with Gasteiger partial charge >= 0.3 is 0 Å². The first-order chi connectivity index (χ1) is 7.54. The Labute approximate surface area is 92.1 Å².